The molecule has 0 bridgehead atoms. The fourth-order valence-electron chi connectivity index (χ4n) is 0.571. The largest absolute Gasteiger partial charge is 0.392 e. The van der Waals surface area contributed by atoms with Crippen LogP contribution in [0.15, 0.2) is 12.2 Å². The molecule has 0 radical (unpaired) electrons. The van der Waals surface area contributed by atoms with Crippen LogP contribution in [0, 0.1) is 0 Å². The molecular weight excluding hydrogens is 126 g/mol. The highest BCUT2D eigenvalue weighted by Crippen LogP contribution is 1.85. The third kappa shape index (κ3) is 5.79. The predicted molar refractivity (Wildman–Crippen MR) is 44.0 cm³/mol. The molecule has 0 aromatic heterocycles. The van der Waals surface area contributed by atoms with E-state index in [4.69, 9.17) is 5.11 Å². The van der Waals surface area contributed by atoms with Gasteiger partial charge in [0.05, 0.1) is 6.61 Å². The summed E-state index contributed by atoms with van der Waals surface area (Å²) >= 11 is 0. The summed E-state index contributed by atoms with van der Waals surface area (Å²) in [5.41, 5.74) is 0. The topological polar surface area (TPSA) is 32.3 Å². The van der Waals surface area contributed by atoms with Gasteiger partial charge in [0.25, 0.3) is 0 Å². The molecule has 60 valence electrons. The van der Waals surface area contributed by atoms with E-state index in [9.17, 15) is 0 Å². The molecule has 2 heteroatoms. The minimum Gasteiger partial charge on any atom is -0.392 e. The predicted octanol–water partition coefficient (Wildman–Crippen LogP) is 0.923. The Hall–Kier alpha value is -0.340. The van der Waals surface area contributed by atoms with Crippen LogP contribution in [-0.4, -0.2) is 24.3 Å². The molecule has 0 saturated heterocycles. The minimum absolute atomic E-state index is 0.141. The number of aliphatic hydroxyl groups is 1. The molecule has 0 fully saturated rings. The van der Waals surface area contributed by atoms with Crippen molar-refractivity contribution in [1.29, 1.82) is 0 Å². The monoisotopic (exact) mass is 143 g/mol. The average Bonchev–Trinajstić information content (AvgIpc) is 1.98. The van der Waals surface area contributed by atoms with Crippen molar-refractivity contribution in [3.8, 4) is 0 Å². The Morgan fingerprint density at radius 2 is 2.20 bits per heavy atom. The fraction of sp³-hybridized carbons (Fsp3) is 0.750. The molecule has 1 atom stereocenters. The second-order valence-electron chi connectivity index (χ2n) is 2.37. The van der Waals surface area contributed by atoms with Crippen molar-refractivity contribution in [2.45, 2.75) is 26.3 Å². The van der Waals surface area contributed by atoms with E-state index in [2.05, 4.69) is 19.2 Å². The van der Waals surface area contributed by atoms with Gasteiger partial charge in [0.1, 0.15) is 0 Å². The van der Waals surface area contributed by atoms with E-state index in [1.807, 2.05) is 6.08 Å². The van der Waals surface area contributed by atoms with Crippen LogP contribution in [0.2, 0.25) is 0 Å². The van der Waals surface area contributed by atoms with E-state index in [0.717, 1.165) is 13.0 Å². The molecule has 1 unspecified atom stereocenters. The second-order valence-corrected chi connectivity index (χ2v) is 2.37. The van der Waals surface area contributed by atoms with Gasteiger partial charge in [-0.1, -0.05) is 19.1 Å². The third-order valence-corrected chi connectivity index (χ3v) is 1.47. The molecule has 2 nitrogen and oxygen atoms in total. The van der Waals surface area contributed by atoms with E-state index < -0.39 is 0 Å². The lowest BCUT2D eigenvalue weighted by molar-refractivity contribution is 0.342. The molecule has 0 spiro atoms. The van der Waals surface area contributed by atoms with Crippen molar-refractivity contribution in [1.82, 2.24) is 5.32 Å². The first kappa shape index (κ1) is 9.66. The summed E-state index contributed by atoms with van der Waals surface area (Å²) in [5.74, 6) is 0. The molecule has 0 aliphatic heterocycles. The zero-order valence-electron chi connectivity index (χ0n) is 6.80. The molecule has 10 heavy (non-hydrogen) atoms. The lowest BCUT2D eigenvalue weighted by atomic mass is 10.2. The number of nitrogens with one attached hydrogen (secondary N) is 1. The van der Waals surface area contributed by atoms with Gasteiger partial charge in [0.2, 0.25) is 0 Å². The van der Waals surface area contributed by atoms with Crippen LogP contribution in [0.25, 0.3) is 0 Å². The van der Waals surface area contributed by atoms with Gasteiger partial charge in [-0.15, -0.1) is 0 Å². The molecule has 0 aliphatic carbocycles. The molecule has 0 rings (SSSR count). The van der Waals surface area contributed by atoms with Crippen molar-refractivity contribution in [3.63, 3.8) is 0 Å². The zero-order chi connectivity index (χ0) is 7.82. The molecule has 0 aromatic rings. The third-order valence-electron chi connectivity index (χ3n) is 1.47. The average molecular weight is 143 g/mol. The van der Waals surface area contributed by atoms with Gasteiger partial charge in [-0.05, 0) is 13.3 Å². The van der Waals surface area contributed by atoms with Crippen molar-refractivity contribution < 1.29 is 5.11 Å². The van der Waals surface area contributed by atoms with E-state index in [0.29, 0.717) is 6.04 Å². The van der Waals surface area contributed by atoms with Crippen LogP contribution in [0.3, 0.4) is 0 Å². The number of hydrogen-bond acceptors (Lipinski definition) is 2. The smallest absolute Gasteiger partial charge is 0.0612 e. The summed E-state index contributed by atoms with van der Waals surface area (Å²) in [7, 11) is 0. The van der Waals surface area contributed by atoms with Crippen LogP contribution >= 0.6 is 0 Å². The summed E-state index contributed by atoms with van der Waals surface area (Å²) < 4.78 is 0. The van der Waals surface area contributed by atoms with Crippen molar-refractivity contribution in [2.24, 2.45) is 0 Å². The van der Waals surface area contributed by atoms with Crippen LogP contribution in [0.1, 0.15) is 20.3 Å². The summed E-state index contributed by atoms with van der Waals surface area (Å²) in [4.78, 5) is 0. The molecule has 2 N–H and O–H groups in total. The van der Waals surface area contributed by atoms with Crippen LogP contribution in [0.4, 0.5) is 0 Å². The molecule has 0 amide bonds. The molecule has 0 saturated carbocycles. The maximum Gasteiger partial charge on any atom is 0.0612 e. The SMILES string of the molecule is CCC(C)NC/C=C/CO. The second kappa shape index (κ2) is 6.78. The standard InChI is InChI=1S/C8H17NO/c1-3-8(2)9-6-4-5-7-10/h4-5,8-10H,3,6-7H2,1-2H3/b5-4+. The molecular formula is C8H17NO. The Bertz CT molecular complexity index is 91.3. The Kier molecular flexibility index (Phi) is 6.55. The van der Waals surface area contributed by atoms with Crippen molar-refractivity contribution in [2.75, 3.05) is 13.2 Å². The van der Waals surface area contributed by atoms with Crippen LogP contribution < -0.4 is 5.32 Å². The molecule has 0 aliphatic rings. The van der Waals surface area contributed by atoms with E-state index in [1.165, 1.54) is 0 Å². The molecule has 0 heterocycles. The highest BCUT2D eigenvalue weighted by atomic mass is 16.2. The first-order valence-electron chi connectivity index (χ1n) is 3.80. The summed E-state index contributed by atoms with van der Waals surface area (Å²) in [6.45, 7) is 5.29. The molecule has 0 aromatic carbocycles. The van der Waals surface area contributed by atoms with E-state index >= 15 is 0 Å². The number of aliphatic hydroxyl groups excluding tert-OH is 1. The quantitative estimate of drug-likeness (QED) is 0.561. The fourth-order valence-corrected chi connectivity index (χ4v) is 0.571. The van der Waals surface area contributed by atoms with Gasteiger partial charge in [-0.3, -0.25) is 0 Å². The highest BCUT2D eigenvalue weighted by Gasteiger charge is 1.91. The highest BCUT2D eigenvalue weighted by molar-refractivity contribution is 4.83. The number of rotatable bonds is 5. The normalized spacial score (nSPS) is 14.3. The van der Waals surface area contributed by atoms with Crippen LogP contribution in [0.5, 0.6) is 0 Å². The lowest BCUT2D eigenvalue weighted by Gasteiger charge is -2.07. The summed E-state index contributed by atoms with van der Waals surface area (Å²) in [6, 6.07) is 0.573. The number of hydrogen-bond donors (Lipinski definition) is 2. The van der Waals surface area contributed by atoms with E-state index in [-0.39, 0.29) is 6.61 Å². The van der Waals surface area contributed by atoms with Crippen molar-refractivity contribution >= 4 is 0 Å². The lowest BCUT2D eigenvalue weighted by Crippen LogP contribution is -2.24. The van der Waals surface area contributed by atoms with Gasteiger partial charge in [0.15, 0.2) is 0 Å². The first-order chi connectivity index (χ1) is 4.81. The van der Waals surface area contributed by atoms with Gasteiger partial charge in [0, 0.05) is 12.6 Å². The Balaban J connectivity index is 3.10. The minimum atomic E-state index is 0.141. The van der Waals surface area contributed by atoms with Crippen molar-refractivity contribution in [3.05, 3.63) is 12.2 Å². The van der Waals surface area contributed by atoms with E-state index in [1.54, 1.807) is 6.08 Å². The maximum absolute atomic E-state index is 8.37. The van der Waals surface area contributed by atoms with Crippen LogP contribution in [-0.2, 0) is 0 Å². The summed E-state index contributed by atoms with van der Waals surface area (Å²) in [5, 5.41) is 11.6. The maximum atomic E-state index is 8.37. The Morgan fingerprint density at radius 3 is 2.70 bits per heavy atom. The van der Waals surface area contributed by atoms with Gasteiger partial charge in [-0.2, -0.15) is 0 Å². The first-order valence-corrected chi connectivity index (χ1v) is 3.80. The van der Waals surface area contributed by atoms with Gasteiger partial charge in [-0.25, -0.2) is 0 Å². The van der Waals surface area contributed by atoms with Gasteiger partial charge < -0.3 is 10.4 Å². The van der Waals surface area contributed by atoms with Gasteiger partial charge >= 0.3 is 0 Å². The Morgan fingerprint density at radius 1 is 1.50 bits per heavy atom. The zero-order valence-corrected chi connectivity index (χ0v) is 6.80. The Labute approximate surface area is 62.9 Å². The summed E-state index contributed by atoms with van der Waals surface area (Å²) in [6.07, 6.45) is 4.83.